The van der Waals surface area contributed by atoms with E-state index in [1.807, 2.05) is 0 Å². The molecule has 0 aliphatic heterocycles. The zero-order valence-electron chi connectivity index (χ0n) is 10.5. The zero-order chi connectivity index (χ0) is 12.5. The molecule has 0 fully saturated rings. The lowest BCUT2D eigenvalue weighted by atomic mass is 10.0. The van der Waals surface area contributed by atoms with E-state index in [0.29, 0.717) is 12.0 Å². The van der Waals surface area contributed by atoms with Crippen LogP contribution in [0.25, 0.3) is 0 Å². The Bertz CT molecular complexity index is 331. The highest BCUT2D eigenvalue weighted by atomic mass is 35.5. The minimum atomic E-state index is 0.0947. The number of furan rings is 1. The van der Waals surface area contributed by atoms with Crippen molar-refractivity contribution in [1.82, 2.24) is 0 Å². The van der Waals surface area contributed by atoms with Gasteiger partial charge in [-0.2, -0.15) is 0 Å². The number of rotatable bonds is 9. The molecule has 2 nitrogen and oxygen atoms in total. The summed E-state index contributed by atoms with van der Waals surface area (Å²) < 4.78 is 4.90. The molecule has 0 radical (unpaired) electrons. The van der Waals surface area contributed by atoms with Gasteiger partial charge in [-0.25, -0.2) is 0 Å². The molecule has 0 aliphatic rings. The summed E-state index contributed by atoms with van der Waals surface area (Å²) in [6.45, 7) is 2.22. The number of ketones is 1. The third-order valence-corrected chi connectivity index (χ3v) is 3.22. The number of carbonyl (C=O) groups is 1. The molecule has 0 N–H and O–H groups in total. The molecule has 0 bridgehead atoms. The molecule has 0 aromatic carbocycles. The van der Waals surface area contributed by atoms with Crippen molar-refractivity contribution in [2.24, 2.45) is 0 Å². The van der Waals surface area contributed by atoms with Crippen LogP contribution in [0.3, 0.4) is 0 Å². The Labute approximate surface area is 108 Å². The summed E-state index contributed by atoms with van der Waals surface area (Å²) in [5.74, 6) is 0.0947. The van der Waals surface area contributed by atoms with Gasteiger partial charge in [-0.3, -0.25) is 4.79 Å². The Morgan fingerprint density at radius 1 is 1.18 bits per heavy atom. The highest BCUT2D eigenvalue weighted by Gasteiger charge is 2.11. The van der Waals surface area contributed by atoms with E-state index in [1.54, 1.807) is 6.07 Å². The van der Waals surface area contributed by atoms with Gasteiger partial charge in [0.15, 0.2) is 5.78 Å². The fraction of sp³-hybridized carbons (Fsp3) is 0.643. The number of hydrogen-bond donors (Lipinski definition) is 0. The Hall–Kier alpha value is -0.760. The Morgan fingerprint density at radius 3 is 2.41 bits per heavy atom. The van der Waals surface area contributed by atoms with Gasteiger partial charge in [0.05, 0.1) is 11.8 Å². The lowest BCUT2D eigenvalue weighted by Gasteiger charge is -2.00. The molecule has 3 heteroatoms. The average Bonchev–Trinajstić information content (AvgIpc) is 2.74. The number of halogens is 1. The lowest BCUT2D eigenvalue weighted by Crippen LogP contribution is -1.97. The lowest BCUT2D eigenvalue weighted by molar-refractivity contribution is 0.0978. The molecule has 0 unspecified atom stereocenters. The van der Waals surface area contributed by atoms with Gasteiger partial charge in [-0.1, -0.05) is 45.4 Å². The first-order valence-electron chi connectivity index (χ1n) is 6.52. The predicted octanol–water partition coefficient (Wildman–Crippen LogP) is 5.26. The smallest absolute Gasteiger partial charge is 0.203 e. The second kappa shape index (κ2) is 8.35. The van der Waals surface area contributed by atoms with Crippen molar-refractivity contribution in [2.45, 2.75) is 58.3 Å². The number of unbranched alkanes of at least 4 members (excludes halogenated alkanes) is 6. The van der Waals surface area contributed by atoms with Gasteiger partial charge in [-0.15, -0.1) is 0 Å². The van der Waals surface area contributed by atoms with Gasteiger partial charge in [0, 0.05) is 6.42 Å². The van der Waals surface area contributed by atoms with Gasteiger partial charge >= 0.3 is 0 Å². The van der Waals surface area contributed by atoms with E-state index in [9.17, 15) is 4.79 Å². The molecule has 1 aromatic rings. The van der Waals surface area contributed by atoms with Crippen molar-refractivity contribution in [3.8, 4) is 0 Å². The fourth-order valence-corrected chi connectivity index (χ4v) is 2.09. The fourth-order valence-electron chi connectivity index (χ4n) is 1.87. The van der Waals surface area contributed by atoms with Crippen LogP contribution in [0.5, 0.6) is 0 Å². The summed E-state index contributed by atoms with van der Waals surface area (Å²) in [5.41, 5.74) is 0.526. The quantitative estimate of drug-likeness (QED) is 0.446. The summed E-state index contributed by atoms with van der Waals surface area (Å²) in [6.07, 6.45) is 10.5. The molecule has 96 valence electrons. The van der Waals surface area contributed by atoms with E-state index in [4.69, 9.17) is 16.0 Å². The molecule has 0 aliphatic carbocycles. The minimum Gasteiger partial charge on any atom is -0.452 e. The van der Waals surface area contributed by atoms with Crippen molar-refractivity contribution in [1.29, 1.82) is 0 Å². The molecule has 0 saturated carbocycles. The minimum absolute atomic E-state index is 0.0947. The topological polar surface area (TPSA) is 30.2 Å². The maximum absolute atomic E-state index is 11.7. The van der Waals surface area contributed by atoms with Crippen LogP contribution in [0.4, 0.5) is 0 Å². The molecule has 0 saturated heterocycles. The molecular weight excluding hydrogens is 236 g/mol. The number of carbonyl (C=O) groups excluding carboxylic acids is 1. The summed E-state index contributed by atoms with van der Waals surface area (Å²) in [6, 6.07) is 1.64. The van der Waals surface area contributed by atoms with Gasteiger partial charge in [0.1, 0.15) is 0 Å². The highest BCUT2D eigenvalue weighted by molar-refractivity contribution is 6.32. The number of Topliss-reactive ketones (excluding diaryl/α,β-unsaturated/α-hetero) is 1. The second-order valence-electron chi connectivity index (χ2n) is 4.40. The third-order valence-electron chi connectivity index (χ3n) is 2.93. The first-order valence-corrected chi connectivity index (χ1v) is 6.89. The van der Waals surface area contributed by atoms with Gasteiger partial charge in [-0.05, 0) is 24.1 Å². The maximum atomic E-state index is 11.7. The van der Waals surface area contributed by atoms with Gasteiger partial charge < -0.3 is 4.42 Å². The van der Waals surface area contributed by atoms with E-state index in [1.165, 1.54) is 38.4 Å². The van der Waals surface area contributed by atoms with Crippen LogP contribution in [0.2, 0.25) is 5.22 Å². The molecule has 17 heavy (non-hydrogen) atoms. The Morgan fingerprint density at radius 2 is 1.82 bits per heavy atom. The average molecular weight is 257 g/mol. The van der Waals surface area contributed by atoms with E-state index in [-0.39, 0.29) is 11.0 Å². The van der Waals surface area contributed by atoms with Crippen LogP contribution >= 0.6 is 11.6 Å². The molecule has 1 rings (SSSR count). The van der Waals surface area contributed by atoms with Crippen molar-refractivity contribution >= 4 is 17.4 Å². The van der Waals surface area contributed by atoms with E-state index < -0.39 is 0 Å². The van der Waals surface area contributed by atoms with Crippen molar-refractivity contribution in [2.75, 3.05) is 0 Å². The standard InChI is InChI=1S/C14H21ClO2/c1-2-3-4-5-6-7-8-9-13(16)12-10-11-17-14(12)15/h10-11H,2-9H2,1H3. The largest absolute Gasteiger partial charge is 0.452 e. The van der Waals surface area contributed by atoms with E-state index in [2.05, 4.69) is 6.92 Å². The maximum Gasteiger partial charge on any atom is 0.203 e. The molecule has 0 amide bonds. The van der Waals surface area contributed by atoms with Crippen molar-refractivity contribution in [3.05, 3.63) is 23.1 Å². The first kappa shape index (κ1) is 14.3. The number of hydrogen-bond acceptors (Lipinski definition) is 2. The van der Waals surface area contributed by atoms with Crippen molar-refractivity contribution < 1.29 is 9.21 Å². The zero-order valence-corrected chi connectivity index (χ0v) is 11.3. The summed E-state index contributed by atoms with van der Waals surface area (Å²) in [7, 11) is 0. The predicted molar refractivity (Wildman–Crippen MR) is 70.7 cm³/mol. The van der Waals surface area contributed by atoms with E-state index >= 15 is 0 Å². The highest BCUT2D eigenvalue weighted by Crippen LogP contribution is 2.19. The molecule has 0 atom stereocenters. The first-order chi connectivity index (χ1) is 8.25. The van der Waals surface area contributed by atoms with Gasteiger partial charge in [0.2, 0.25) is 5.22 Å². The third kappa shape index (κ3) is 5.40. The van der Waals surface area contributed by atoms with Crippen LogP contribution in [-0.2, 0) is 0 Å². The van der Waals surface area contributed by atoms with Crippen LogP contribution in [0.15, 0.2) is 16.7 Å². The van der Waals surface area contributed by atoms with Crippen molar-refractivity contribution in [3.63, 3.8) is 0 Å². The molecule has 0 spiro atoms. The Balaban J connectivity index is 2.07. The summed E-state index contributed by atoms with van der Waals surface area (Å²) in [4.78, 5) is 11.7. The van der Waals surface area contributed by atoms with E-state index in [0.717, 1.165) is 12.8 Å². The SMILES string of the molecule is CCCCCCCCCC(=O)c1ccoc1Cl. The molecular formula is C14H21ClO2. The summed E-state index contributed by atoms with van der Waals surface area (Å²) >= 11 is 5.74. The second-order valence-corrected chi connectivity index (χ2v) is 4.75. The van der Waals surface area contributed by atoms with Gasteiger partial charge in [0.25, 0.3) is 0 Å². The van der Waals surface area contributed by atoms with Crippen LogP contribution < -0.4 is 0 Å². The normalized spacial score (nSPS) is 10.7. The van der Waals surface area contributed by atoms with Crippen LogP contribution in [0.1, 0.15) is 68.6 Å². The molecule has 1 aromatic heterocycles. The van der Waals surface area contributed by atoms with Crippen LogP contribution in [-0.4, -0.2) is 5.78 Å². The van der Waals surface area contributed by atoms with Crippen LogP contribution in [0, 0.1) is 0 Å². The Kier molecular flexibility index (Phi) is 7.02. The molecule has 1 heterocycles. The monoisotopic (exact) mass is 256 g/mol. The summed E-state index contributed by atoms with van der Waals surface area (Å²) in [5, 5.41) is 0.220.